The van der Waals surface area contributed by atoms with Crippen molar-refractivity contribution in [3.05, 3.63) is 38.6 Å². The fraction of sp³-hybridized carbons (Fsp3) is 0.389. The molecule has 0 radical (unpaired) electrons. The molecule has 1 aliphatic rings. The van der Waals surface area contributed by atoms with Crippen LogP contribution in [0, 0.1) is 12.8 Å². The fourth-order valence-corrected chi connectivity index (χ4v) is 5.48. The van der Waals surface area contributed by atoms with E-state index in [9.17, 15) is 9.59 Å². The number of rotatable bonds is 4. The number of primary amides is 1. The molecule has 0 atom stereocenters. The normalized spacial score (nSPS) is 20.5. The van der Waals surface area contributed by atoms with Gasteiger partial charge < -0.3 is 15.6 Å². The number of likely N-dealkylation sites (tertiary alicyclic amines) is 1. The first-order valence-electron chi connectivity index (χ1n) is 8.71. The van der Waals surface area contributed by atoms with Gasteiger partial charge in [0.1, 0.15) is 11.4 Å². The second-order valence-electron chi connectivity index (χ2n) is 6.86. The van der Waals surface area contributed by atoms with Gasteiger partial charge in [0.2, 0.25) is 5.91 Å². The first-order chi connectivity index (χ1) is 12.5. The Morgan fingerprint density at radius 2 is 2.15 bits per heavy atom. The summed E-state index contributed by atoms with van der Waals surface area (Å²) in [6.45, 7) is 4.48. The number of hydrogen-bond acceptors (Lipinski definition) is 5. The van der Waals surface area contributed by atoms with E-state index >= 15 is 0 Å². The molecule has 0 aliphatic carbocycles. The van der Waals surface area contributed by atoms with Crippen LogP contribution in [-0.4, -0.2) is 29.0 Å². The number of piperidine rings is 1. The molecule has 0 bridgehead atoms. The van der Waals surface area contributed by atoms with Gasteiger partial charge in [-0.15, -0.1) is 22.7 Å². The Bertz CT molecular complexity index is 1010. The molecule has 0 spiro atoms. The number of aryl methyl sites for hydroxylation is 1. The Morgan fingerprint density at radius 1 is 1.38 bits per heavy atom. The molecule has 26 heavy (non-hydrogen) atoms. The van der Waals surface area contributed by atoms with Crippen molar-refractivity contribution in [2.75, 3.05) is 13.1 Å². The average molecular weight is 390 g/mol. The van der Waals surface area contributed by atoms with E-state index in [-0.39, 0.29) is 17.4 Å². The number of H-pyrrole nitrogens is 1. The molecule has 8 heteroatoms. The molecular weight excluding hydrogens is 368 g/mol. The number of nitrogens with two attached hydrogens (primary N) is 1. The highest BCUT2D eigenvalue weighted by molar-refractivity contribution is 7.19. The smallest absolute Gasteiger partial charge is 0.260 e. The van der Waals surface area contributed by atoms with Crippen LogP contribution in [0.5, 0.6) is 0 Å². The van der Waals surface area contributed by atoms with Crippen LogP contribution in [0.1, 0.15) is 23.5 Å². The number of thiophene rings is 2. The number of hydrogen-bond donors (Lipinski definition) is 3. The lowest BCUT2D eigenvalue weighted by atomic mass is 9.96. The molecule has 1 aliphatic heterocycles. The first-order valence-corrected chi connectivity index (χ1v) is 10.4. The summed E-state index contributed by atoms with van der Waals surface area (Å²) in [5, 5.41) is 2.70. The molecule has 136 valence electrons. The summed E-state index contributed by atoms with van der Waals surface area (Å²) in [6, 6.07) is 4.13. The van der Waals surface area contributed by atoms with Gasteiger partial charge in [-0.1, -0.05) is 0 Å². The minimum absolute atomic E-state index is 0.0117. The van der Waals surface area contributed by atoms with Crippen molar-refractivity contribution < 1.29 is 9.69 Å². The molecule has 4 rings (SSSR count). The van der Waals surface area contributed by atoms with Crippen LogP contribution in [0.2, 0.25) is 0 Å². The number of carbonyl (C=O) groups is 1. The van der Waals surface area contributed by atoms with E-state index in [1.807, 2.05) is 5.38 Å². The maximum Gasteiger partial charge on any atom is 0.260 e. The lowest BCUT2D eigenvalue weighted by molar-refractivity contribution is -0.920. The molecular formula is C18H21N4O2S2+. The third kappa shape index (κ3) is 3.32. The number of amides is 1. The highest BCUT2D eigenvalue weighted by Crippen LogP contribution is 2.34. The van der Waals surface area contributed by atoms with Crippen molar-refractivity contribution in [1.29, 1.82) is 0 Å². The van der Waals surface area contributed by atoms with Crippen LogP contribution >= 0.6 is 22.7 Å². The number of carbonyl (C=O) groups excluding carboxylic acids is 1. The zero-order chi connectivity index (χ0) is 18.3. The zero-order valence-electron chi connectivity index (χ0n) is 14.5. The minimum Gasteiger partial charge on any atom is -0.369 e. The van der Waals surface area contributed by atoms with Gasteiger partial charge in [-0.2, -0.15) is 0 Å². The van der Waals surface area contributed by atoms with Crippen LogP contribution < -0.4 is 16.2 Å². The van der Waals surface area contributed by atoms with Gasteiger partial charge in [0.15, 0.2) is 5.82 Å². The van der Waals surface area contributed by atoms with Gasteiger partial charge >= 0.3 is 0 Å². The summed E-state index contributed by atoms with van der Waals surface area (Å²) in [7, 11) is 0. The fourth-order valence-electron chi connectivity index (χ4n) is 3.56. The Morgan fingerprint density at radius 3 is 2.81 bits per heavy atom. The van der Waals surface area contributed by atoms with Crippen LogP contribution in [0.3, 0.4) is 0 Å². The summed E-state index contributed by atoms with van der Waals surface area (Å²) in [5.41, 5.74) is 6.29. The van der Waals surface area contributed by atoms with Crippen molar-refractivity contribution in [3.8, 4) is 10.4 Å². The molecule has 4 N–H and O–H groups in total. The van der Waals surface area contributed by atoms with E-state index in [0.717, 1.165) is 41.2 Å². The molecule has 1 amide bonds. The first kappa shape index (κ1) is 17.4. The largest absolute Gasteiger partial charge is 0.369 e. The van der Waals surface area contributed by atoms with Crippen LogP contribution in [0.4, 0.5) is 0 Å². The summed E-state index contributed by atoms with van der Waals surface area (Å²) >= 11 is 3.21. The van der Waals surface area contributed by atoms with Gasteiger partial charge in [-0.05, 0) is 19.1 Å². The molecule has 3 aromatic rings. The monoisotopic (exact) mass is 389 g/mol. The predicted octanol–water partition coefficient (Wildman–Crippen LogP) is 1.30. The summed E-state index contributed by atoms with van der Waals surface area (Å²) < 4.78 is 0. The number of aromatic amines is 1. The second-order valence-corrected chi connectivity index (χ2v) is 9.00. The maximum atomic E-state index is 12.7. The van der Waals surface area contributed by atoms with E-state index in [1.54, 1.807) is 11.3 Å². The summed E-state index contributed by atoms with van der Waals surface area (Å²) in [6.07, 6.45) is 1.61. The van der Waals surface area contributed by atoms with E-state index in [2.05, 4.69) is 24.0 Å². The van der Waals surface area contributed by atoms with Gasteiger partial charge in [-0.3, -0.25) is 9.59 Å². The highest BCUT2D eigenvalue weighted by atomic mass is 32.1. The molecule has 0 aromatic carbocycles. The van der Waals surface area contributed by atoms with Crippen molar-refractivity contribution in [1.82, 2.24) is 9.97 Å². The Labute approximate surface area is 158 Å². The van der Waals surface area contributed by atoms with E-state index in [1.165, 1.54) is 21.1 Å². The molecule has 4 heterocycles. The van der Waals surface area contributed by atoms with Gasteiger partial charge in [0, 0.05) is 39.5 Å². The van der Waals surface area contributed by atoms with Crippen LogP contribution in [0.25, 0.3) is 20.7 Å². The van der Waals surface area contributed by atoms with E-state index < -0.39 is 0 Å². The number of nitrogens with one attached hydrogen (secondary N) is 2. The molecule has 0 unspecified atom stereocenters. The quantitative estimate of drug-likeness (QED) is 0.628. The SMILES string of the molecule is Cc1ccc(-c2csc3nc(C[NH+]4CCC(C(N)=O)CC4)[nH]c(=O)c23)s1. The highest BCUT2D eigenvalue weighted by Gasteiger charge is 2.26. The van der Waals surface area contributed by atoms with Crippen molar-refractivity contribution in [2.24, 2.45) is 11.7 Å². The number of quaternary nitrogens is 1. The van der Waals surface area contributed by atoms with Crippen molar-refractivity contribution in [3.63, 3.8) is 0 Å². The Balaban J connectivity index is 1.57. The van der Waals surface area contributed by atoms with Crippen LogP contribution in [-0.2, 0) is 11.3 Å². The second kappa shape index (κ2) is 6.94. The van der Waals surface area contributed by atoms with Crippen molar-refractivity contribution >= 4 is 38.8 Å². The number of aromatic nitrogens is 2. The summed E-state index contributed by atoms with van der Waals surface area (Å²) in [5.74, 6) is 0.500. The standard InChI is InChI=1S/C18H20N4O2S2/c1-10-2-3-13(26-10)12-9-25-18-15(12)17(24)20-14(21-18)8-22-6-4-11(5-7-22)16(19)23/h2-3,9,11H,4-8H2,1H3,(H2,19,23)(H,20,21,24)/p+1. The number of nitrogens with zero attached hydrogens (tertiary/aromatic N) is 1. The third-order valence-electron chi connectivity index (χ3n) is 5.01. The molecule has 0 saturated carbocycles. The lowest BCUT2D eigenvalue weighted by Gasteiger charge is -2.27. The maximum absolute atomic E-state index is 12.7. The van der Waals surface area contributed by atoms with Crippen molar-refractivity contribution in [2.45, 2.75) is 26.3 Å². The molecule has 1 fully saturated rings. The van der Waals surface area contributed by atoms with Gasteiger partial charge in [0.25, 0.3) is 5.56 Å². The Kier molecular flexibility index (Phi) is 4.64. The average Bonchev–Trinajstić information content (AvgIpc) is 3.21. The van der Waals surface area contributed by atoms with E-state index in [4.69, 9.17) is 10.7 Å². The third-order valence-corrected chi connectivity index (χ3v) is 6.92. The van der Waals surface area contributed by atoms with E-state index in [0.29, 0.717) is 17.8 Å². The summed E-state index contributed by atoms with van der Waals surface area (Å²) in [4.78, 5) is 36.1. The van der Waals surface area contributed by atoms with Gasteiger partial charge in [-0.25, -0.2) is 4.98 Å². The van der Waals surface area contributed by atoms with Gasteiger partial charge in [0.05, 0.1) is 18.5 Å². The minimum atomic E-state index is -0.202. The molecule has 3 aromatic heterocycles. The Hall–Kier alpha value is -2.03. The molecule has 6 nitrogen and oxygen atoms in total. The topological polar surface area (TPSA) is 93.3 Å². The number of fused-ring (bicyclic) bond motifs is 1. The lowest BCUT2D eigenvalue weighted by Crippen LogP contribution is -3.12. The zero-order valence-corrected chi connectivity index (χ0v) is 16.1. The van der Waals surface area contributed by atoms with Crippen LogP contribution in [0.15, 0.2) is 22.3 Å². The molecule has 1 saturated heterocycles. The predicted molar refractivity (Wildman–Crippen MR) is 105 cm³/mol.